The first-order valence-electron chi connectivity index (χ1n) is 25.7. The zero-order valence-corrected chi connectivity index (χ0v) is 43.2. The molecule has 0 aliphatic rings. The van der Waals surface area contributed by atoms with Crippen LogP contribution in [0.5, 0.6) is 0 Å². The number of fused-ring (bicyclic) bond motifs is 9. The van der Waals surface area contributed by atoms with Gasteiger partial charge in [-0.25, -0.2) is 0 Å². The summed E-state index contributed by atoms with van der Waals surface area (Å²) in [5.74, 6) is 0. The van der Waals surface area contributed by atoms with Crippen molar-refractivity contribution < 1.29 is 8.83 Å². The molecule has 358 valence electrons. The second-order valence-electron chi connectivity index (χ2n) is 20.5. The van der Waals surface area contributed by atoms with Crippen LogP contribution in [0, 0.1) is 55.4 Å². The van der Waals surface area contributed by atoms with Gasteiger partial charge in [-0.3, -0.25) is 0 Å². The van der Waals surface area contributed by atoms with Crippen molar-refractivity contribution in [2.24, 2.45) is 0 Å². The first-order chi connectivity index (χ1) is 36.0. The van der Waals surface area contributed by atoms with Crippen LogP contribution < -0.4 is 9.80 Å². The SMILES string of the molecule is Cc1cccc(C)c1N(c1ccc2cc3c(cc2c1)oc1c2oc4cc5cc(N(c6c(C)cccc6C)c6c(C)cccc6C)ccc5cc4c2c(-c2ccccc2)c(-c2ccccc2)c31)c1c(C)cccc1C. The second kappa shape index (κ2) is 17.4. The van der Waals surface area contributed by atoms with E-state index in [1.165, 1.54) is 67.3 Å². The first-order valence-corrected chi connectivity index (χ1v) is 25.7. The van der Waals surface area contributed by atoms with Crippen LogP contribution >= 0.6 is 0 Å². The van der Waals surface area contributed by atoms with Crippen molar-refractivity contribution >= 4 is 99.5 Å². The summed E-state index contributed by atoms with van der Waals surface area (Å²) in [5.41, 5.74) is 24.4. The minimum absolute atomic E-state index is 0.744. The molecule has 0 aliphatic carbocycles. The molecule has 2 heterocycles. The normalized spacial score (nSPS) is 11.8. The van der Waals surface area contributed by atoms with Gasteiger partial charge in [-0.2, -0.15) is 0 Å². The number of anilines is 6. The Morgan fingerprint density at radius 3 is 0.905 bits per heavy atom. The van der Waals surface area contributed by atoms with Gasteiger partial charge in [0.2, 0.25) is 0 Å². The summed E-state index contributed by atoms with van der Waals surface area (Å²) >= 11 is 0. The highest BCUT2D eigenvalue weighted by molar-refractivity contribution is 6.31. The first kappa shape index (κ1) is 45.0. The molecule has 11 aromatic carbocycles. The van der Waals surface area contributed by atoms with Crippen LogP contribution in [0.15, 0.2) is 203 Å². The lowest BCUT2D eigenvalue weighted by atomic mass is 9.87. The Bertz CT molecular complexity index is 3940. The number of hydrogen-bond donors (Lipinski definition) is 0. The molecule has 13 aromatic rings. The van der Waals surface area contributed by atoms with Crippen LogP contribution in [-0.4, -0.2) is 0 Å². The van der Waals surface area contributed by atoms with E-state index in [0.29, 0.717) is 0 Å². The second-order valence-corrected chi connectivity index (χ2v) is 20.5. The molecule has 0 bridgehead atoms. The Morgan fingerprint density at radius 2 is 0.595 bits per heavy atom. The van der Waals surface area contributed by atoms with Crippen molar-refractivity contribution in [3.63, 3.8) is 0 Å². The standard InChI is InChI=1S/C70H56N2O2/c1-41-19-15-20-42(2)65(41)71(66-43(3)21-16-22-44(66)4)55-33-31-51-37-57-59(39-53(51)35-55)73-69-63(57)61(49-27-11-9-12-28-49)62(50-29-13-10-14-30-50)64-58-38-52-32-34-56(36-54(52)40-60(58)74-70(64)69)72(67-45(5)23-17-24-46(67)6)68-47(7)25-18-26-48(68)8/h9-40H,1-8H3. The fourth-order valence-electron chi connectivity index (χ4n) is 12.2. The van der Waals surface area contributed by atoms with Gasteiger partial charge < -0.3 is 18.6 Å². The van der Waals surface area contributed by atoms with Gasteiger partial charge in [-0.1, -0.05) is 146 Å². The topological polar surface area (TPSA) is 32.8 Å². The van der Waals surface area contributed by atoms with Crippen molar-refractivity contribution in [3.8, 4) is 22.3 Å². The Kier molecular flexibility index (Phi) is 10.6. The van der Waals surface area contributed by atoms with Crippen molar-refractivity contribution in [2.45, 2.75) is 55.4 Å². The molecule has 0 amide bonds. The third-order valence-corrected chi connectivity index (χ3v) is 15.5. The fourth-order valence-corrected chi connectivity index (χ4v) is 12.2. The van der Waals surface area contributed by atoms with Gasteiger partial charge in [-0.05, 0) is 181 Å². The smallest absolute Gasteiger partial charge is 0.179 e. The van der Waals surface area contributed by atoms with Gasteiger partial charge in [0.25, 0.3) is 0 Å². The van der Waals surface area contributed by atoms with Gasteiger partial charge in [0.05, 0.1) is 22.7 Å². The molecule has 0 unspecified atom stereocenters. The van der Waals surface area contributed by atoms with E-state index in [1.54, 1.807) is 0 Å². The van der Waals surface area contributed by atoms with Gasteiger partial charge in [0, 0.05) is 44.0 Å². The van der Waals surface area contributed by atoms with Gasteiger partial charge in [0.1, 0.15) is 11.2 Å². The van der Waals surface area contributed by atoms with Crippen LogP contribution in [0.2, 0.25) is 0 Å². The number of aryl methyl sites for hydroxylation is 8. The number of hydrogen-bond acceptors (Lipinski definition) is 4. The molecule has 0 radical (unpaired) electrons. The van der Waals surface area contributed by atoms with Crippen LogP contribution in [-0.2, 0) is 0 Å². The number of furan rings is 2. The van der Waals surface area contributed by atoms with E-state index < -0.39 is 0 Å². The number of benzene rings is 11. The third-order valence-electron chi connectivity index (χ3n) is 15.5. The summed E-state index contributed by atoms with van der Waals surface area (Å²) in [7, 11) is 0. The summed E-state index contributed by atoms with van der Waals surface area (Å²) in [4.78, 5) is 4.90. The lowest BCUT2D eigenvalue weighted by Crippen LogP contribution is -2.15. The van der Waals surface area contributed by atoms with Crippen molar-refractivity contribution in [1.29, 1.82) is 0 Å². The minimum atomic E-state index is 0.744. The lowest BCUT2D eigenvalue weighted by molar-refractivity contribution is 0.634. The van der Waals surface area contributed by atoms with E-state index in [1.807, 2.05) is 0 Å². The summed E-state index contributed by atoms with van der Waals surface area (Å²) in [6, 6.07) is 70.8. The zero-order chi connectivity index (χ0) is 50.5. The number of para-hydroxylation sites is 4. The number of nitrogens with zero attached hydrogens (tertiary/aromatic N) is 2. The van der Waals surface area contributed by atoms with E-state index in [9.17, 15) is 0 Å². The van der Waals surface area contributed by atoms with Crippen LogP contribution in [0.25, 0.3) is 87.7 Å². The average molecular weight is 957 g/mol. The molecule has 4 nitrogen and oxygen atoms in total. The monoisotopic (exact) mass is 956 g/mol. The zero-order valence-electron chi connectivity index (χ0n) is 43.2. The van der Waals surface area contributed by atoms with Crippen LogP contribution in [0.1, 0.15) is 44.5 Å². The molecule has 13 rings (SSSR count). The minimum Gasteiger partial charge on any atom is -0.452 e. The maximum atomic E-state index is 7.28. The van der Waals surface area contributed by atoms with Crippen molar-refractivity contribution in [1.82, 2.24) is 0 Å². The molecule has 74 heavy (non-hydrogen) atoms. The van der Waals surface area contributed by atoms with E-state index in [2.05, 4.69) is 259 Å². The predicted octanol–water partition coefficient (Wildman–Crippen LogP) is 20.5. The lowest BCUT2D eigenvalue weighted by Gasteiger charge is -2.31. The van der Waals surface area contributed by atoms with Crippen LogP contribution in [0.3, 0.4) is 0 Å². The Morgan fingerprint density at radius 1 is 0.284 bits per heavy atom. The van der Waals surface area contributed by atoms with Gasteiger partial charge in [0.15, 0.2) is 11.2 Å². The van der Waals surface area contributed by atoms with Crippen molar-refractivity contribution in [3.05, 3.63) is 239 Å². The summed E-state index contributed by atoms with van der Waals surface area (Å²) in [6.45, 7) is 17.7. The molecule has 0 saturated heterocycles. The molecule has 0 atom stereocenters. The van der Waals surface area contributed by atoms with E-state index in [0.717, 1.165) is 99.1 Å². The van der Waals surface area contributed by atoms with Crippen molar-refractivity contribution in [2.75, 3.05) is 9.80 Å². The quantitative estimate of drug-likeness (QED) is 0.152. The summed E-state index contributed by atoms with van der Waals surface area (Å²) in [5, 5.41) is 8.64. The van der Waals surface area contributed by atoms with Gasteiger partial charge >= 0.3 is 0 Å². The molecule has 0 aliphatic heterocycles. The maximum Gasteiger partial charge on any atom is 0.179 e. The average Bonchev–Trinajstić information content (AvgIpc) is 3.96. The molecule has 0 saturated carbocycles. The molecular weight excluding hydrogens is 901 g/mol. The Hall–Kier alpha value is -8.86. The molecule has 0 fully saturated rings. The summed E-state index contributed by atoms with van der Waals surface area (Å²) < 4.78 is 14.6. The maximum absolute atomic E-state index is 7.28. The number of rotatable bonds is 8. The molecular formula is C70H56N2O2. The highest BCUT2D eigenvalue weighted by atomic mass is 16.4. The van der Waals surface area contributed by atoms with Crippen LogP contribution in [0.4, 0.5) is 34.1 Å². The van der Waals surface area contributed by atoms with E-state index in [4.69, 9.17) is 8.83 Å². The fraction of sp³-hybridized carbons (Fsp3) is 0.114. The molecule has 2 aromatic heterocycles. The highest BCUT2D eigenvalue weighted by Gasteiger charge is 2.28. The molecule has 0 N–H and O–H groups in total. The van der Waals surface area contributed by atoms with E-state index in [-0.39, 0.29) is 0 Å². The van der Waals surface area contributed by atoms with Gasteiger partial charge in [-0.15, -0.1) is 0 Å². The summed E-state index contributed by atoms with van der Waals surface area (Å²) in [6.07, 6.45) is 0. The largest absolute Gasteiger partial charge is 0.452 e. The highest BCUT2D eigenvalue weighted by Crippen LogP contribution is 2.53. The third kappa shape index (κ3) is 7.11. The predicted molar refractivity (Wildman–Crippen MR) is 314 cm³/mol. The van der Waals surface area contributed by atoms with E-state index >= 15 is 0 Å². The molecule has 0 spiro atoms. The Balaban J connectivity index is 1.08. The molecule has 4 heteroatoms. The Labute approximate surface area is 432 Å².